The summed E-state index contributed by atoms with van der Waals surface area (Å²) in [4.78, 5) is 16.3. The second kappa shape index (κ2) is 5.81. The quantitative estimate of drug-likeness (QED) is 0.834. The van der Waals surface area contributed by atoms with Crippen LogP contribution in [0.4, 0.5) is 0 Å². The van der Waals surface area contributed by atoms with Gasteiger partial charge < -0.3 is 9.30 Å². The molecule has 0 bridgehead atoms. The fourth-order valence-corrected chi connectivity index (χ4v) is 4.42. The van der Waals surface area contributed by atoms with Gasteiger partial charge in [0.05, 0.1) is 15.9 Å². The first kappa shape index (κ1) is 16.3. The van der Waals surface area contributed by atoms with E-state index in [2.05, 4.69) is 4.98 Å². The Kier molecular flexibility index (Phi) is 4.11. The maximum Gasteiger partial charge on any atom is 0.319 e. The summed E-state index contributed by atoms with van der Waals surface area (Å²) in [6.07, 6.45) is 0.548. The number of aryl methyl sites for hydroxylation is 1. The lowest BCUT2D eigenvalue weighted by Crippen LogP contribution is -2.11. The molecule has 2 atom stereocenters. The summed E-state index contributed by atoms with van der Waals surface area (Å²) in [7, 11) is -3.77. The number of ether oxygens (including phenoxy) is 1. The molecule has 1 fully saturated rings. The Morgan fingerprint density at radius 1 is 1.48 bits per heavy atom. The number of nitrogens with two attached hydrogens (primary N) is 1. The van der Waals surface area contributed by atoms with E-state index in [0.717, 1.165) is 5.52 Å². The average Bonchev–Trinajstić information content (AvgIpc) is 2.96. The summed E-state index contributed by atoms with van der Waals surface area (Å²) in [6, 6.07) is 4.60. The Hall–Kier alpha value is -1.58. The topological polar surface area (TPSA) is 104 Å². The molecule has 1 aliphatic rings. The Balaban J connectivity index is 2.02. The average molecular weight is 355 g/mol. The fourth-order valence-electron chi connectivity index (χ4n) is 2.60. The number of sulfonamides is 1. The number of hydrogen-bond acceptors (Lipinski definition) is 6. The molecular formula is C14H17N3O4S2. The molecular weight excluding hydrogens is 338 g/mol. The highest BCUT2D eigenvalue weighted by molar-refractivity contribution is 8.00. The normalized spacial score (nSPS) is 21.8. The van der Waals surface area contributed by atoms with Crippen LogP contribution < -0.4 is 5.14 Å². The van der Waals surface area contributed by atoms with Gasteiger partial charge in [0.1, 0.15) is 11.4 Å². The van der Waals surface area contributed by atoms with Crippen molar-refractivity contribution in [3.63, 3.8) is 0 Å². The van der Waals surface area contributed by atoms with E-state index in [9.17, 15) is 13.2 Å². The van der Waals surface area contributed by atoms with Gasteiger partial charge in [-0.15, -0.1) is 0 Å². The number of esters is 1. The number of aromatic nitrogens is 2. The molecule has 1 aromatic carbocycles. The lowest BCUT2D eigenvalue weighted by Gasteiger charge is -2.07. The van der Waals surface area contributed by atoms with Crippen molar-refractivity contribution < 1.29 is 17.9 Å². The number of hydrogen-bond donors (Lipinski definition) is 1. The van der Waals surface area contributed by atoms with Gasteiger partial charge in [-0.05, 0) is 32.0 Å². The lowest BCUT2D eigenvalue weighted by atomic mass is 10.3. The highest BCUT2D eigenvalue weighted by atomic mass is 32.2. The second-order valence-corrected chi connectivity index (χ2v) is 8.16. The van der Waals surface area contributed by atoms with Crippen LogP contribution in [0.15, 0.2) is 28.3 Å². The SMILES string of the molecule is CCn1c(S[C@H]2C[C@@H](C)OC2=O)nc2cc(S(N)(=O)=O)ccc21. The Morgan fingerprint density at radius 3 is 2.78 bits per heavy atom. The van der Waals surface area contributed by atoms with Gasteiger partial charge in [-0.25, -0.2) is 18.5 Å². The minimum atomic E-state index is -3.77. The summed E-state index contributed by atoms with van der Waals surface area (Å²) >= 11 is 1.35. The number of fused-ring (bicyclic) bond motifs is 1. The van der Waals surface area contributed by atoms with E-state index in [-0.39, 0.29) is 22.2 Å². The van der Waals surface area contributed by atoms with Crippen molar-refractivity contribution in [3.8, 4) is 0 Å². The standard InChI is InChI=1S/C14H17N3O4S2/c1-3-17-11-5-4-9(23(15,19)20)7-10(11)16-14(17)22-12-6-8(2)21-13(12)18/h4-5,7-8,12H,3,6H2,1-2H3,(H2,15,19,20)/t8-,12+/m1/s1. The first-order valence-corrected chi connectivity index (χ1v) is 9.62. The number of benzene rings is 1. The summed E-state index contributed by atoms with van der Waals surface area (Å²) < 4.78 is 30.1. The maximum absolute atomic E-state index is 11.8. The first-order chi connectivity index (χ1) is 10.8. The fraction of sp³-hybridized carbons (Fsp3) is 0.429. The molecule has 1 saturated heterocycles. The van der Waals surface area contributed by atoms with Gasteiger partial charge in [-0.2, -0.15) is 0 Å². The predicted octanol–water partition coefficient (Wildman–Crippen LogP) is 1.50. The molecule has 0 radical (unpaired) electrons. The molecule has 7 nitrogen and oxygen atoms in total. The molecule has 2 aromatic rings. The third-order valence-electron chi connectivity index (χ3n) is 3.70. The van der Waals surface area contributed by atoms with E-state index in [0.29, 0.717) is 23.6 Å². The number of nitrogens with zero attached hydrogens (tertiary/aromatic N) is 2. The number of cyclic esters (lactones) is 1. The highest BCUT2D eigenvalue weighted by Crippen LogP contribution is 2.34. The molecule has 3 rings (SSSR count). The molecule has 1 aliphatic heterocycles. The van der Waals surface area contributed by atoms with E-state index < -0.39 is 10.0 Å². The summed E-state index contributed by atoms with van der Waals surface area (Å²) in [5, 5.41) is 5.55. The number of imidazole rings is 1. The van der Waals surface area contributed by atoms with Gasteiger partial charge in [0.15, 0.2) is 5.16 Å². The first-order valence-electron chi connectivity index (χ1n) is 7.20. The summed E-state index contributed by atoms with van der Waals surface area (Å²) in [6.45, 7) is 4.48. The van der Waals surface area contributed by atoms with Gasteiger partial charge in [0, 0.05) is 13.0 Å². The Morgan fingerprint density at radius 2 is 2.22 bits per heavy atom. The van der Waals surface area contributed by atoms with E-state index in [1.54, 1.807) is 6.07 Å². The van der Waals surface area contributed by atoms with Gasteiger partial charge in [0.25, 0.3) is 0 Å². The molecule has 1 aromatic heterocycles. The molecule has 9 heteroatoms. The van der Waals surface area contributed by atoms with Crippen LogP contribution in [-0.4, -0.2) is 35.3 Å². The van der Waals surface area contributed by atoms with E-state index >= 15 is 0 Å². The number of carbonyl (C=O) groups is 1. The predicted molar refractivity (Wildman–Crippen MR) is 86.6 cm³/mol. The molecule has 0 spiro atoms. The smallest absolute Gasteiger partial charge is 0.319 e. The van der Waals surface area contributed by atoms with Gasteiger partial charge in [-0.3, -0.25) is 4.79 Å². The minimum absolute atomic E-state index is 0.0243. The number of thioether (sulfide) groups is 1. The number of rotatable bonds is 4. The van der Waals surface area contributed by atoms with Crippen LogP contribution in [0, 0.1) is 0 Å². The van der Waals surface area contributed by atoms with E-state index in [1.807, 2.05) is 18.4 Å². The third-order valence-corrected chi connectivity index (χ3v) is 5.81. The van der Waals surface area contributed by atoms with Crippen molar-refractivity contribution in [2.75, 3.05) is 0 Å². The van der Waals surface area contributed by atoms with Crippen LogP contribution in [0.3, 0.4) is 0 Å². The van der Waals surface area contributed by atoms with Crippen LogP contribution in [0.5, 0.6) is 0 Å². The van der Waals surface area contributed by atoms with Crippen molar-refractivity contribution in [1.82, 2.24) is 9.55 Å². The lowest BCUT2D eigenvalue weighted by molar-refractivity contribution is -0.140. The molecule has 2 N–H and O–H groups in total. The molecule has 2 heterocycles. The van der Waals surface area contributed by atoms with E-state index in [1.165, 1.54) is 23.9 Å². The molecule has 0 aliphatic carbocycles. The zero-order valence-corrected chi connectivity index (χ0v) is 14.4. The zero-order valence-electron chi connectivity index (χ0n) is 12.7. The molecule has 0 amide bonds. The van der Waals surface area contributed by atoms with Crippen molar-refractivity contribution in [3.05, 3.63) is 18.2 Å². The van der Waals surface area contributed by atoms with Crippen LogP contribution in [-0.2, 0) is 26.1 Å². The van der Waals surface area contributed by atoms with E-state index in [4.69, 9.17) is 9.88 Å². The maximum atomic E-state index is 11.8. The van der Waals surface area contributed by atoms with Crippen molar-refractivity contribution in [2.45, 2.75) is 48.2 Å². The second-order valence-electron chi connectivity index (χ2n) is 5.42. The Labute approximate surface area is 138 Å². The third kappa shape index (κ3) is 3.08. The minimum Gasteiger partial charge on any atom is -0.462 e. The molecule has 124 valence electrons. The Bertz CT molecular complexity index is 876. The van der Waals surface area contributed by atoms with Crippen molar-refractivity contribution in [1.29, 1.82) is 0 Å². The number of carbonyl (C=O) groups excluding carboxylic acids is 1. The van der Waals surface area contributed by atoms with Crippen LogP contribution in [0.2, 0.25) is 0 Å². The molecule has 0 unspecified atom stereocenters. The number of primary sulfonamides is 1. The van der Waals surface area contributed by atoms with Crippen LogP contribution >= 0.6 is 11.8 Å². The van der Waals surface area contributed by atoms with Crippen LogP contribution in [0.25, 0.3) is 11.0 Å². The molecule has 0 saturated carbocycles. The largest absolute Gasteiger partial charge is 0.462 e. The zero-order chi connectivity index (χ0) is 16.8. The summed E-state index contributed by atoms with van der Waals surface area (Å²) in [5.74, 6) is -0.234. The van der Waals surface area contributed by atoms with Gasteiger partial charge in [-0.1, -0.05) is 11.8 Å². The van der Waals surface area contributed by atoms with Crippen LogP contribution in [0.1, 0.15) is 20.3 Å². The van der Waals surface area contributed by atoms with Gasteiger partial charge >= 0.3 is 5.97 Å². The monoisotopic (exact) mass is 355 g/mol. The summed E-state index contributed by atoms with van der Waals surface area (Å²) in [5.41, 5.74) is 1.35. The van der Waals surface area contributed by atoms with Crippen molar-refractivity contribution in [2.24, 2.45) is 5.14 Å². The molecule has 23 heavy (non-hydrogen) atoms. The van der Waals surface area contributed by atoms with Crippen molar-refractivity contribution >= 4 is 38.8 Å². The highest BCUT2D eigenvalue weighted by Gasteiger charge is 2.34. The van der Waals surface area contributed by atoms with Gasteiger partial charge in [0.2, 0.25) is 10.0 Å².